The van der Waals surface area contributed by atoms with Crippen LogP contribution in [0.4, 0.5) is 5.69 Å². The second kappa shape index (κ2) is 3.44. The molecule has 0 spiro atoms. The molecule has 0 amide bonds. The number of aromatic nitrogens is 2. The van der Waals surface area contributed by atoms with E-state index in [0.717, 1.165) is 6.20 Å². The Labute approximate surface area is 75.9 Å². The van der Waals surface area contributed by atoms with Crippen molar-refractivity contribution in [3.63, 3.8) is 0 Å². The Morgan fingerprint density at radius 2 is 2.42 bits per heavy atom. The van der Waals surface area contributed by atoms with E-state index in [1.54, 1.807) is 0 Å². The van der Waals surface area contributed by atoms with E-state index in [0.29, 0.717) is 0 Å². The maximum Gasteiger partial charge on any atom is 0.320 e. The van der Waals surface area contributed by atoms with Gasteiger partial charge in [0.2, 0.25) is 0 Å². The molecule has 1 heterocycles. The van der Waals surface area contributed by atoms with Crippen molar-refractivity contribution in [2.75, 3.05) is 7.11 Å². The molecule has 64 valence electrons. The Kier molecular flexibility index (Phi) is 2.54. The van der Waals surface area contributed by atoms with Crippen molar-refractivity contribution in [1.82, 2.24) is 9.97 Å². The molecular formula is C5H4BrN3O3. The van der Waals surface area contributed by atoms with Crippen LogP contribution >= 0.6 is 15.9 Å². The minimum Gasteiger partial charge on any atom is -0.467 e. The molecule has 0 radical (unpaired) electrons. The summed E-state index contributed by atoms with van der Waals surface area (Å²) in [6, 6.07) is 0.0903. The third-order valence-electron chi connectivity index (χ3n) is 1.08. The number of rotatable bonds is 2. The molecule has 0 unspecified atom stereocenters. The van der Waals surface area contributed by atoms with Crippen molar-refractivity contribution in [1.29, 1.82) is 0 Å². The summed E-state index contributed by atoms with van der Waals surface area (Å²) in [5, 5.41) is 10.3. The van der Waals surface area contributed by atoms with Crippen LogP contribution in [-0.2, 0) is 0 Å². The van der Waals surface area contributed by atoms with E-state index in [2.05, 4.69) is 30.6 Å². The van der Waals surface area contributed by atoms with Gasteiger partial charge in [-0.15, -0.1) is 0 Å². The van der Waals surface area contributed by atoms with Crippen LogP contribution in [-0.4, -0.2) is 22.0 Å². The molecule has 0 aliphatic heterocycles. The highest BCUT2D eigenvalue weighted by molar-refractivity contribution is 9.10. The van der Waals surface area contributed by atoms with Crippen molar-refractivity contribution in [3.05, 3.63) is 20.9 Å². The van der Waals surface area contributed by atoms with Crippen molar-refractivity contribution in [2.45, 2.75) is 0 Å². The maximum atomic E-state index is 10.3. The van der Waals surface area contributed by atoms with Crippen LogP contribution in [0.25, 0.3) is 0 Å². The fourth-order valence-corrected chi connectivity index (χ4v) is 0.959. The second-order valence-corrected chi connectivity index (χ2v) is 2.54. The molecule has 0 fully saturated rings. The van der Waals surface area contributed by atoms with Gasteiger partial charge in [0.25, 0.3) is 0 Å². The second-order valence-electron chi connectivity index (χ2n) is 1.79. The van der Waals surface area contributed by atoms with Crippen LogP contribution in [0.1, 0.15) is 0 Å². The summed E-state index contributed by atoms with van der Waals surface area (Å²) in [7, 11) is 1.38. The predicted molar refractivity (Wildman–Crippen MR) is 42.9 cm³/mol. The number of methoxy groups -OCH3 is 1. The Bertz CT molecular complexity index is 317. The van der Waals surface area contributed by atoms with Gasteiger partial charge in [0.1, 0.15) is 6.20 Å². The first-order valence-corrected chi connectivity index (χ1v) is 3.65. The van der Waals surface area contributed by atoms with E-state index in [9.17, 15) is 10.1 Å². The lowest BCUT2D eigenvalue weighted by Crippen LogP contribution is -1.96. The average molecular weight is 234 g/mol. The summed E-state index contributed by atoms with van der Waals surface area (Å²) in [6.45, 7) is 0. The highest BCUT2D eigenvalue weighted by Crippen LogP contribution is 2.22. The fraction of sp³-hybridized carbons (Fsp3) is 0.200. The predicted octanol–water partition coefficient (Wildman–Crippen LogP) is 1.16. The number of halogens is 1. The summed E-state index contributed by atoms with van der Waals surface area (Å²) >= 11 is 2.92. The molecule has 0 aliphatic rings. The Morgan fingerprint density at radius 3 is 2.83 bits per heavy atom. The van der Waals surface area contributed by atoms with Crippen LogP contribution in [0.3, 0.4) is 0 Å². The standard InChI is InChI=1S/C5H4BrN3O3/c1-12-5-7-2-3(9(10)11)4(6)8-5/h2H,1H3. The first-order chi connectivity index (χ1) is 5.65. The summed E-state index contributed by atoms with van der Waals surface area (Å²) in [5.74, 6) is 0. The minimum atomic E-state index is -0.580. The zero-order valence-electron chi connectivity index (χ0n) is 6.02. The number of nitrogens with zero attached hydrogens (tertiary/aromatic N) is 3. The average Bonchev–Trinajstić information content (AvgIpc) is 2.03. The molecule has 0 atom stereocenters. The summed E-state index contributed by atoms with van der Waals surface area (Å²) in [6.07, 6.45) is 1.08. The third kappa shape index (κ3) is 1.67. The molecule has 1 aromatic rings. The zero-order valence-corrected chi connectivity index (χ0v) is 7.61. The van der Waals surface area contributed by atoms with Crippen LogP contribution < -0.4 is 4.74 Å². The lowest BCUT2D eigenvalue weighted by atomic mass is 10.6. The van der Waals surface area contributed by atoms with Gasteiger partial charge in [-0.25, -0.2) is 0 Å². The zero-order chi connectivity index (χ0) is 9.14. The van der Waals surface area contributed by atoms with E-state index >= 15 is 0 Å². The molecule has 12 heavy (non-hydrogen) atoms. The normalized spacial score (nSPS) is 9.50. The van der Waals surface area contributed by atoms with Gasteiger partial charge in [0.15, 0.2) is 4.60 Å². The Morgan fingerprint density at radius 1 is 1.75 bits per heavy atom. The van der Waals surface area contributed by atoms with Gasteiger partial charge in [0.05, 0.1) is 12.0 Å². The molecule has 0 bridgehead atoms. The lowest BCUT2D eigenvalue weighted by Gasteiger charge is -1.97. The molecule has 6 nitrogen and oxygen atoms in total. The first kappa shape index (κ1) is 8.85. The van der Waals surface area contributed by atoms with Crippen LogP contribution in [0.5, 0.6) is 6.01 Å². The highest BCUT2D eigenvalue weighted by Gasteiger charge is 2.14. The molecular weight excluding hydrogens is 230 g/mol. The summed E-state index contributed by atoms with van der Waals surface area (Å²) in [5.41, 5.74) is -0.184. The molecule has 1 aromatic heterocycles. The molecule has 0 saturated carbocycles. The first-order valence-electron chi connectivity index (χ1n) is 2.86. The van der Waals surface area contributed by atoms with Gasteiger partial charge in [-0.05, 0) is 15.9 Å². The van der Waals surface area contributed by atoms with Crippen molar-refractivity contribution < 1.29 is 9.66 Å². The topological polar surface area (TPSA) is 78.2 Å². The van der Waals surface area contributed by atoms with Gasteiger partial charge < -0.3 is 4.74 Å². The van der Waals surface area contributed by atoms with Crippen molar-refractivity contribution in [2.24, 2.45) is 0 Å². The van der Waals surface area contributed by atoms with Crippen LogP contribution in [0, 0.1) is 10.1 Å². The van der Waals surface area contributed by atoms with Gasteiger partial charge in [0, 0.05) is 0 Å². The number of hydrogen-bond donors (Lipinski definition) is 0. The number of ether oxygens (including phenoxy) is 1. The Balaban J connectivity index is 3.12. The van der Waals surface area contributed by atoms with Gasteiger partial charge in [-0.2, -0.15) is 9.97 Å². The SMILES string of the molecule is COc1ncc([N+](=O)[O-])c(Br)n1. The third-order valence-corrected chi connectivity index (χ3v) is 1.67. The fourth-order valence-electron chi connectivity index (χ4n) is 0.561. The lowest BCUT2D eigenvalue weighted by molar-refractivity contribution is -0.386. The van der Waals surface area contributed by atoms with E-state index in [4.69, 9.17) is 0 Å². The quantitative estimate of drug-likeness (QED) is 0.435. The largest absolute Gasteiger partial charge is 0.467 e. The van der Waals surface area contributed by atoms with Crippen molar-refractivity contribution >= 4 is 21.6 Å². The van der Waals surface area contributed by atoms with E-state index in [1.165, 1.54) is 7.11 Å². The molecule has 7 heteroatoms. The molecule has 0 aromatic carbocycles. The maximum absolute atomic E-state index is 10.3. The monoisotopic (exact) mass is 233 g/mol. The molecule has 0 saturated heterocycles. The van der Waals surface area contributed by atoms with E-state index < -0.39 is 4.92 Å². The smallest absolute Gasteiger partial charge is 0.320 e. The molecule has 0 N–H and O–H groups in total. The summed E-state index contributed by atoms with van der Waals surface area (Å²) < 4.78 is 4.77. The van der Waals surface area contributed by atoms with E-state index in [1.807, 2.05) is 0 Å². The summed E-state index contributed by atoms with van der Waals surface area (Å²) in [4.78, 5) is 16.9. The van der Waals surface area contributed by atoms with E-state index in [-0.39, 0.29) is 16.3 Å². The van der Waals surface area contributed by atoms with Gasteiger partial charge in [-0.3, -0.25) is 10.1 Å². The Hall–Kier alpha value is -1.24. The highest BCUT2D eigenvalue weighted by atomic mass is 79.9. The number of hydrogen-bond acceptors (Lipinski definition) is 5. The molecule has 1 rings (SSSR count). The van der Waals surface area contributed by atoms with Crippen LogP contribution in [0.15, 0.2) is 10.8 Å². The molecule has 0 aliphatic carbocycles. The van der Waals surface area contributed by atoms with Crippen molar-refractivity contribution in [3.8, 4) is 6.01 Å². The van der Waals surface area contributed by atoms with Gasteiger partial charge in [-0.1, -0.05) is 0 Å². The van der Waals surface area contributed by atoms with Gasteiger partial charge >= 0.3 is 11.7 Å². The minimum absolute atomic E-state index is 0.0903. The number of nitro groups is 1. The van der Waals surface area contributed by atoms with Crippen LogP contribution in [0.2, 0.25) is 0 Å².